The van der Waals surface area contributed by atoms with Crippen molar-refractivity contribution < 1.29 is 9.72 Å². The highest BCUT2D eigenvalue weighted by molar-refractivity contribution is 9.10. The van der Waals surface area contributed by atoms with E-state index < -0.39 is 4.92 Å². The number of amides is 1. The van der Waals surface area contributed by atoms with Crippen LogP contribution in [0.5, 0.6) is 0 Å². The van der Waals surface area contributed by atoms with E-state index in [9.17, 15) is 14.9 Å². The zero-order valence-corrected chi connectivity index (χ0v) is 16.9. The van der Waals surface area contributed by atoms with Crippen LogP contribution in [0, 0.1) is 10.1 Å². The molecule has 0 atom stereocenters. The van der Waals surface area contributed by atoms with Crippen molar-refractivity contribution in [1.82, 2.24) is 19.7 Å². The molecule has 148 valence electrons. The summed E-state index contributed by atoms with van der Waals surface area (Å²) in [4.78, 5) is 27.4. The van der Waals surface area contributed by atoms with Gasteiger partial charge in [0.25, 0.3) is 11.6 Å². The maximum atomic E-state index is 12.7. The summed E-state index contributed by atoms with van der Waals surface area (Å²) in [6, 6.07) is 12.1. The fourth-order valence-corrected chi connectivity index (χ4v) is 3.61. The fourth-order valence-electron chi connectivity index (χ4n) is 3.35. The molecule has 2 heterocycles. The molecule has 0 aliphatic carbocycles. The highest BCUT2D eigenvalue weighted by Gasteiger charge is 2.25. The number of nitrogens with zero attached hydrogens (tertiary/aromatic N) is 6. The number of hydrogen-bond donors (Lipinski definition) is 0. The molecule has 0 N–H and O–H groups in total. The average molecular weight is 457 g/mol. The number of piperazine rings is 1. The summed E-state index contributed by atoms with van der Waals surface area (Å²) in [7, 11) is 0. The van der Waals surface area contributed by atoms with Gasteiger partial charge in [0.2, 0.25) is 0 Å². The summed E-state index contributed by atoms with van der Waals surface area (Å²) in [6.07, 6.45) is 3.02. The molecule has 0 bridgehead atoms. The topological polar surface area (TPSA) is 97.4 Å². The third kappa shape index (κ3) is 3.97. The number of carbonyl (C=O) groups is 1. The predicted molar refractivity (Wildman–Crippen MR) is 110 cm³/mol. The maximum absolute atomic E-state index is 12.7. The number of aromatic nitrogens is 3. The number of hydrogen-bond acceptors (Lipinski definition) is 6. The number of non-ortho nitro benzene ring substituents is 1. The van der Waals surface area contributed by atoms with Crippen LogP contribution >= 0.6 is 15.9 Å². The Kier molecular flexibility index (Phi) is 5.26. The van der Waals surface area contributed by atoms with Crippen LogP contribution in [0.2, 0.25) is 0 Å². The molecule has 0 spiro atoms. The van der Waals surface area contributed by atoms with Crippen molar-refractivity contribution in [2.24, 2.45) is 0 Å². The van der Waals surface area contributed by atoms with E-state index in [0.29, 0.717) is 37.4 Å². The minimum atomic E-state index is -0.424. The lowest BCUT2D eigenvalue weighted by atomic mass is 10.1. The van der Waals surface area contributed by atoms with Crippen molar-refractivity contribution in [3.8, 4) is 5.69 Å². The Morgan fingerprint density at radius 2 is 1.62 bits per heavy atom. The normalized spacial score (nSPS) is 14.1. The lowest BCUT2D eigenvalue weighted by molar-refractivity contribution is -0.384. The maximum Gasteiger partial charge on any atom is 0.271 e. The van der Waals surface area contributed by atoms with E-state index in [2.05, 4.69) is 31.0 Å². The standard InChI is InChI=1S/C19H17BrN6O3/c20-15-3-1-14(2-4-15)19(27)24-9-7-23(8-10-24)17-6-5-16(26(28)29)11-18(17)25-12-21-22-13-25/h1-6,11-13H,7-10H2. The smallest absolute Gasteiger partial charge is 0.271 e. The van der Waals surface area contributed by atoms with Crippen molar-refractivity contribution in [3.63, 3.8) is 0 Å². The Labute approximate surface area is 174 Å². The Bertz CT molecular complexity index is 1030. The number of nitro benzene ring substituents is 1. The van der Waals surface area contributed by atoms with Gasteiger partial charge >= 0.3 is 0 Å². The summed E-state index contributed by atoms with van der Waals surface area (Å²) in [5, 5.41) is 18.8. The first kappa shape index (κ1) is 19.1. The van der Waals surface area contributed by atoms with Gasteiger partial charge in [0.1, 0.15) is 12.7 Å². The molecule has 0 unspecified atom stereocenters. The number of nitro groups is 1. The van der Waals surface area contributed by atoms with E-state index in [1.165, 1.54) is 24.8 Å². The van der Waals surface area contributed by atoms with Gasteiger partial charge in [-0.2, -0.15) is 0 Å². The van der Waals surface area contributed by atoms with E-state index >= 15 is 0 Å². The van der Waals surface area contributed by atoms with Gasteiger partial charge in [-0.1, -0.05) is 15.9 Å². The molecule has 1 aromatic heterocycles. The Hall–Kier alpha value is -3.27. The van der Waals surface area contributed by atoms with Crippen LogP contribution in [0.4, 0.5) is 11.4 Å². The zero-order chi connectivity index (χ0) is 20.4. The molecular weight excluding hydrogens is 440 g/mol. The lowest BCUT2D eigenvalue weighted by Crippen LogP contribution is -2.49. The molecule has 29 heavy (non-hydrogen) atoms. The third-order valence-electron chi connectivity index (χ3n) is 4.87. The Morgan fingerprint density at radius 3 is 2.24 bits per heavy atom. The van der Waals surface area contributed by atoms with Crippen LogP contribution in [0.25, 0.3) is 5.69 Å². The molecule has 4 rings (SSSR count). The lowest BCUT2D eigenvalue weighted by Gasteiger charge is -2.37. The summed E-state index contributed by atoms with van der Waals surface area (Å²) in [5.74, 6) is -0.000109. The van der Waals surface area contributed by atoms with Crippen molar-refractivity contribution in [2.45, 2.75) is 0 Å². The average Bonchev–Trinajstić information content (AvgIpc) is 3.28. The van der Waals surface area contributed by atoms with Crippen molar-refractivity contribution in [2.75, 3.05) is 31.1 Å². The molecule has 1 fully saturated rings. The van der Waals surface area contributed by atoms with Crippen LogP contribution in [0.1, 0.15) is 10.4 Å². The van der Waals surface area contributed by atoms with Gasteiger partial charge in [-0.25, -0.2) is 0 Å². The second-order valence-electron chi connectivity index (χ2n) is 6.59. The second kappa shape index (κ2) is 8.00. The summed E-state index contributed by atoms with van der Waals surface area (Å²) >= 11 is 3.38. The van der Waals surface area contributed by atoms with E-state index in [0.717, 1.165) is 10.2 Å². The number of benzene rings is 2. The van der Waals surface area contributed by atoms with Crippen molar-refractivity contribution in [3.05, 3.63) is 75.3 Å². The number of rotatable bonds is 4. The van der Waals surface area contributed by atoms with Gasteiger partial charge in [0.15, 0.2) is 0 Å². The van der Waals surface area contributed by atoms with Gasteiger partial charge in [-0.3, -0.25) is 19.5 Å². The summed E-state index contributed by atoms with van der Waals surface area (Å²) < 4.78 is 2.58. The van der Waals surface area contributed by atoms with E-state index in [1.54, 1.807) is 22.8 Å². The highest BCUT2D eigenvalue weighted by atomic mass is 79.9. The van der Waals surface area contributed by atoms with Gasteiger partial charge in [-0.15, -0.1) is 10.2 Å². The van der Waals surface area contributed by atoms with Crippen LogP contribution < -0.4 is 4.90 Å². The summed E-state index contributed by atoms with van der Waals surface area (Å²) in [5.41, 5.74) is 2.13. The zero-order valence-electron chi connectivity index (χ0n) is 15.3. The van der Waals surface area contributed by atoms with Crippen molar-refractivity contribution >= 4 is 33.2 Å². The fraction of sp³-hybridized carbons (Fsp3) is 0.211. The Balaban J connectivity index is 1.53. The van der Waals surface area contributed by atoms with Gasteiger partial charge in [0, 0.05) is 48.3 Å². The van der Waals surface area contributed by atoms with Crippen LogP contribution in [-0.4, -0.2) is 56.7 Å². The second-order valence-corrected chi connectivity index (χ2v) is 7.50. The SMILES string of the molecule is O=C(c1ccc(Br)cc1)N1CCN(c2ccc([N+](=O)[O-])cc2-n2cnnc2)CC1. The monoisotopic (exact) mass is 456 g/mol. The van der Waals surface area contributed by atoms with E-state index in [1.807, 2.05) is 17.0 Å². The molecule has 1 aliphatic heterocycles. The first-order chi connectivity index (χ1) is 14.0. The van der Waals surface area contributed by atoms with E-state index in [-0.39, 0.29) is 11.6 Å². The van der Waals surface area contributed by atoms with Gasteiger partial charge in [-0.05, 0) is 30.3 Å². The first-order valence-electron chi connectivity index (χ1n) is 8.96. The number of anilines is 1. The van der Waals surface area contributed by atoms with Gasteiger partial charge in [0.05, 0.1) is 16.3 Å². The van der Waals surface area contributed by atoms with Crippen LogP contribution in [-0.2, 0) is 0 Å². The van der Waals surface area contributed by atoms with Crippen LogP contribution in [0.3, 0.4) is 0 Å². The molecule has 0 radical (unpaired) electrons. The van der Waals surface area contributed by atoms with Crippen molar-refractivity contribution in [1.29, 1.82) is 0 Å². The first-order valence-corrected chi connectivity index (χ1v) is 9.75. The molecule has 2 aromatic carbocycles. The molecule has 9 nitrogen and oxygen atoms in total. The minimum absolute atomic E-state index is 0.000109. The molecule has 1 saturated heterocycles. The largest absolute Gasteiger partial charge is 0.366 e. The predicted octanol–water partition coefficient (Wildman–Crippen LogP) is 2.90. The highest BCUT2D eigenvalue weighted by Crippen LogP contribution is 2.29. The van der Waals surface area contributed by atoms with E-state index in [4.69, 9.17) is 0 Å². The Morgan fingerprint density at radius 1 is 0.966 bits per heavy atom. The molecule has 0 saturated carbocycles. The van der Waals surface area contributed by atoms with Gasteiger partial charge < -0.3 is 9.80 Å². The number of halogens is 1. The quantitative estimate of drug-likeness (QED) is 0.442. The number of carbonyl (C=O) groups excluding carboxylic acids is 1. The summed E-state index contributed by atoms with van der Waals surface area (Å²) in [6.45, 7) is 2.37. The molecule has 3 aromatic rings. The molecule has 1 amide bonds. The molecule has 1 aliphatic rings. The molecule has 10 heteroatoms. The van der Waals surface area contributed by atoms with Crippen LogP contribution in [0.15, 0.2) is 59.6 Å². The third-order valence-corrected chi connectivity index (χ3v) is 5.39. The minimum Gasteiger partial charge on any atom is -0.366 e. The molecular formula is C19H17BrN6O3.